The van der Waals surface area contributed by atoms with Crippen LogP contribution >= 0.6 is 0 Å². The van der Waals surface area contributed by atoms with E-state index in [9.17, 15) is 0 Å². The fourth-order valence-corrected chi connectivity index (χ4v) is 3.26. The molecule has 1 aromatic carbocycles. The second kappa shape index (κ2) is 7.69. The van der Waals surface area contributed by atoms with Gasteiger partial charge in [-0.3, -0.25) is 0 Å². The highest BCUT2D eigenvalue weighted by Gasteiger charge is 2.24. The molecule has 1 fully saturated rings. The quantitative estimate of drug-likeness (QED) is 0.801. The normalized spacial score (nSPS) is 23.5. The van der Waals surface area contributed by atoms with E-state index in [1.165, 1.54) is 56.2 Å². The maximum Gasteiger partial charge on any atom is 0.00984 e. The van der Waals surface area contributed by atoms with Gasteiger partial charge in [0.25, 0.3) is 0 Å². The first-order valence-corrected chi connectivity index (χ1v) is 8.14. The second-order valence-electron chi connectivity index (χ2n) is 5.98. The van der Waals surface area contributed by atoms with Crippen molar-refractivity contribution in [1.82, 2.24) is 5.32 Å². The van der Waals surface area contributed by atoms with Crippen molar-refractivity contribution in [3.8, 4) is 0 Å². The van der Waals surface area contributed by atoms with Gasteiger partial charge in [-0.2, -0.15) is 0 Å². The van der Waals surface area contributed by atoms with Crippen LogP contribution in [0.2, 0.25) is 0 Å². The predicted molar refractivity (Wildman–Crippen MR) is 83.6 cm³/mol. The smallest absolute Gasteiger partial charge is 0.00984 e. The zero-order chi connectivity index (χ0) is 13.5. The summed E-state index contributed by atoms with van der Waals surface area (Å²) in [6.07, 6.45) is 9.24. The van der Waals surface area contributed by atoms with Crippen LogP contribution in [0.25, 0.3) is 0 Å². The molecule has 0 amide bonds. The number of aryl methyl sites for hydroxylation is 1. The molecule has 0 aliphatic heterocycles. The first kappa shape index (κ1) is 14.6. The van der Waals surface area contributed by atoms with Crippen molar-refractivity contribution in [3.63, 3.8) is 0 Å². The molecule has 1 saturated carbocycles. The third-order valence-corrected chi connectivity index (χ3v) is 4.49. The summed E-state index contributed by atoms with van der Waals surface area (Å²) in [4.78, 5) is 0. The Morgan fingerprint density at radius 2 is 1.68 bits per heavy atom. The molecule has 1 nitrogen and oxygen atoms in total. The van der Waals surface area contributed by atoms with Crippen LogP contribution in [-0.2, 0) is 12.8 Å². The van der Waals surface area contributed by atoms with Crippen LogP contribution in [0.5, 0.6) is 0 Å². The molecule has 0 saturated heterocycles. The lowest BCUT2D eigenvalue weighted by atomic mass is 9.80. The van der Waals surface area contributed by atoms with Gasteiger partial charge in [0.1, 0.15) is 0 Å². The van der Waals surface area contributed by atoms with Gasteiger partial charge >= 0.3 is 0 Å². The van der Waals surface area contributed by atoms with E-state index >= 15 is 0 Å². The Kier molecular flexibility index (Phi) is 5.91. The van der Waals surface area contributed by atoms with Crippen molar-refractivity contribution in [2.75, 3.05) is 6.54 Å². The number of nitrogens with one attached hydrogen (secondary N) is 1. The molecule has 19 heavy (non-hydrogen) atoms. The molecule has 2 atom stereocenters. The van der Waals surface area contributed by atoms with Crippen LogP contribution in [-0.4, -0.2) is 12.6 Å². The van der Waals surface area contributed by atoms with Gasteiger partial charge in [-0.15, -0.1) is 0 Å². The van der Waals surface area contributed by atoms with Crippen LogP contribution in [0.4, 0.5) is 0 Å². The van der Waals surface area contributed by atoms with Crippen LogP contribution in [0.15, 0.2) is 24.3 Å². The van der Waals surface area contributed by atoms with Crippen molar-refractivity contribution < 1.29 is 0 Å². The highest BCUT2D eigenvalue weighted by molar-refractivity contribution is 5.23. The lowest BCUT2D eigenvalue weighted by Crippen LogP contribution is -2.39. The predicted octanol–water partition coefficient (Wildman–Crippen LogP) is 4.35. The molecule has 0 bridgehead atoms. The molecule has 2 unspecified atom stereocenters. The Labute approximate surface area is 118 Å². The van der Waals surface area contributed by atoms with Gasteiger partial charge in [-0.05, 0) is 55.7 Å². The van der Waals surface area contributed by atoms with Crippen molar-refractivity contribution >= 4 is 0 Å². The highest BCUT2D eigenvalue weighted by Crippen LogP contribution is 2.27. The average Bonchev–Trinajstić information content (AvgIpc) is 2.47. The Morgan fingerprint density at radius 1 is 1.00 bits per heavy atom. The van der Waals surface area contributed by atoms with E-state index in [4.69, 9.17) is 0 Å². The molecule has 1 N–H and O–H groups in total. The Bertz CT molecular complexity index is 354. The number of hydrogen-bond acceptors (Lipinski definition) is 1. The van der Waals surface area contributed by atoms with Crippen molar-refractivity contribution in [2.24, 2.45) is 5.92 Å². The number of benzene rings is 1. The standard InChI is InChI=1S/C18H29N/c1-3-13-19-18-8-6-5-7-17(18)14-16-11-9-15(4-2)10-12-16/h9-12,17-19H,3-8,13-14H2,1-2H3. The van der Waals surface area contributed by atoms with Crippen LogP contribution in [0, 0.1) is 5.92 Å². The van der Waals surface area contributed by atoms with Crippen molar-refractivity contribution in [2.45, 2.75) is 64.8 Å². The van der Waals surface area contributed by atoms with Gasteiger partial charge < -0.3 is 5.32 Å². The molecule has 0 radical (unpaired) electrons. The molecule has 0 spiro atoms. The third kappa shape index (κ3) is 4.35. The van der Waals surface area contributed by atoms with E-state index in [1.54, 1.807) is 0 Å². The Hall–Kier alpha value is -0.820. The molecule has 106 valence electrons. The maximum absolute atomic E-state index is 3.76. The van der Waals surface area contributed by atoms with Crippen molar-refractivity contribution in [1.29, 1.82) is 0 Å². The second-order valence-corrected chi connectivity index (χ2v) is 5.98. The fraction of sp³-hybridized carbons (Fsp3) is 0.667. The van der Waals surface area contributed by atoms with E-state index in [1.807, 2.05) is 0 Å². The van der Waals surface area contributed by atoms with E-state index in [2.05, 4.69) is 43.4 Å². The molecular weight excluding hydrogens is 230 g/mol. The summed E-state index contributed by atoms with van der Waals surface area (Å²) in [6, 6.07) is 10.0. The topological polar surface area (TPSA) is 12.0 Å². The van der Waals surface area contributed by atoms with Gasteiger partial charge in [0.15, 0.2) is 0 Å². The summed E-state index contributed by atoms with van der Waals surface area (Å²) < 4.78 is 0. The summed E-state index contributed by atoms with van der Waals surface area (Å²) in [5.41, 5.74) is 2.97. The minimum Gasteiger partial charge on any atom is -0.314 e. The summed E-state index contributed by atoms with van der Waals surface area (Å²) >= 11 is 0. The van der Waals surface area contributed by atoms with E-state index in [0.29, 0.717) is 0 Å². The minimum absolute atomic E-state index is 0.750. The monoisotopic (exact) mass is 259 g/mol. The molecule has 1 aliphatic rings. The Balaban J connectivity index is 1.93. The fourth-order valence-electron chi connectivity index (χ4n) is 3.26. The van der Waals surface area contributed by atoms with E-state index in [-0.39, 0.29) is 0 Å². The lowest BCUT2D eigenvalue weighted by Gasteiger charge is -2.32. The van der Waals surface area contributed by atoms with Crippen LogP contribution in [0.3, 0.4) is 0 Å². The first-order chi connectivity index (χ1) is 9.33. The van der Waals surface area contributed by atoms with Gasteiger partial charge in [-0.1, -0.05) is 51.0 Å². The SMILES string of the molecule is CCCNC1CCCCC1Cc1ccc(CC)cc1. The van der Waals surface area contributed by atoms with Gasteiger partial charge in [0.05, 0.1) is 0 Å². The molecule has 0 aromatic heterocycles. The zero-order valence-corrected chi connectivity index (χ0v) is 12.6. The van der Waals surface area contributed by atoms with Gasteiger partial charge in [0, 0.05) is 6.04 Å². The van der Waals surface area contributed by atoms with Crippen molar-refractivity contribution in [3.05, 3.63) is 35.4 Å². The summed E-state index contributed by atoms with van der Waals surface area (Å²) in [7, 11) is 0. The molecule has 2 rings (SSSR count). The van der Waals surface area contributed by atoms with E-state index in [0.717, 1.165) is 18.4 Å². The third-order valence-electron chi connectivity index (χ3n) is 4.49. The van der Waals surface area contributed by atoms with Crippen LogP contribution in [0.1, 0.15) is 57.1 Å². The minimum atomic E-state index is 0.750. The first-order valence-electron chi connectivity index (χ1n) is 8.14. The molecular formula is C18H29N. The lowest BCUT2D eigenvalue weighted by molar-refractivity contribution is 0.261. The molecule has 0 heterocycles. The average molecular weight is 259 g/mol. The maximum atomic E-state index is 3.76. The molecule has 1 aromatic rings. The summed E-state index contributed by atoms with van der Waals surface area (Å²) in [6.45, 7) is 5.66. The van der Waals surface area contributed by atoms with Crippen LogP contribution < -0.4 is 5.32 Å². The molecule has 1 heteroatoms. The van der Waals surface area contributed by atoms with E-state index < -0.39 is 0 Å². The number of rotatable bonds is 6. The van der Waals surface area contributed by atoms with Gasteiger partial charge in [-0.25, -0.2) is 0 Å². The Morgan fingerprint density at radius 3 is 2.37 bits per heavy atom. The number of hydrogen-bond donors (Lipinski definition) is 1. The highest BCUT2D eigenvalue weighted by atomic mass is 14.9. The zero-order valence-electron chi connectivity index (χ0n) is 12.6. The summed E-state index contributed by atoms with van der Waals surface area (Å²) in [5.74, 6) is 0.841. The summed E-state index contributed by atoms with van der Waals surface area (Å²) in [5, 5.41) is 3.76. The van der Waals surface area contributed by atoms with Gasteiger partial charge in [0.2, 0.25) is 0 Å². The molecule has 1 aliphatic carbocycles. The largest absolute Gasteiger partial charge is 0.314 e.